The van der Waals surface area contributed by atoms with E-state index in [1.54, 1.807) is 60.9 Å². The topological polar surface area (TPSA) is 92.9 Å². The Hall–Kier alpha value is -4.13. The highest BCUT2D eigenvalue weighted by atomic mass is 16.5. The maximum atomic E-state index is 12.9. The predicted molar refractivity (Wildman–Crippen MR) is 113 cm³/mol. The van der Waals surface area contributed by atoms with E-state index in [1.807, 2.05) is 6.07 Å². The zero-order valence-electron chi connectivity index (χ0n) is 16.6. The van der Waals surface area contributed by atoms with Crippen molar-refractivity contribution in [2.24, 2.45) is 0 Å². The third kappa shape index (κ3) is 3.98. The minimum atomic E-state index is -0.855. The molecule has 1 fully saturated rings. The summed E-state index contributed by atoms with van der Waals surface area (Å²) in [5.74, 6) is -0.775. The van der Waals surface area contributed by atoms with Gasteiger partial charge in [-0.2, -0.15) is 0 Å². The molecule has 156 valence electrons. The number of nitrogens with zero attached hydrogens (tertiary/aromatic N) is 2. The number of benzene rings is 1. The number of amides is 1. The smallest absolute Gasteiger partial charge is 0.296 e. The average Bonchev–Trinajstić information content (AvgIpc) is 3.41. The number of carbonyl (C=O) groups is 2. The van der Waals surface area contributed by atoms with E-state index in [0.717, 1.165) is 5.56 Å². The fourth-order valence-electron chi connectivity index (χ4n) is 3.49. The van der Waals surface area contributed by atoms with Crippen LogP contribution < -0.4 is 4.74 Å². The quantitative estimate of drug-likeness (QED) is 0.272. The second kappa shape index (κ2) is 8.71. The maximum Gasteiger partial charge on any atom is 0.296 e. The molecule has 31 heavy (non-hydrogen) atoms. The first-order chi connectivity index (χ1) is 15.1. The van der Waals surface area contributed by atoms with E-state index in [4.69, 9.17) is 9.15 Å². The van der Waals surface area contributed by atoms with Crippen LogP contribution in [0.2, 0.25) is 0 Å². The Labute approximate surface area is 178 Å². The van der Waals surface area contributed by atoms with Crippen LogP contribution in [0.3, 0.4) is 0 Å². The molecule has 7 nitrogen and oxygen atoms in total. The van der Waals surface area contributed by atoms with Gasteiger partial charge in [0.1, 0.15) is 29.9 Å². The Kier molecular flexibility index (Phi) is 5.66. The molecule has 2 aromatic heterocycles. The zero-order chi connectivity index (χ0) is 21.8. The van der Waals surface area contributed by atoms with Crippen molar-refractivity contribution in [3.05, 3.63) is 102 Å². The average molecular weight is 416 g/mol. The van der Waals surface area contributed by atoms with Gasteiger partial charge in [-0.15, -0.1) is 0 Å². The van der Waals surface area contributed by atoms with Gasteiger partial charge in [0.2, 0.25) is 0 Å². The SMILES string of the molecule is C=CCOc1ccc(/C(O)=C2\C(=O)C(=O)N(Cc3cccnc3)[C@H]2c2ccco2)cc1. The lowest BCUT2D eigenvalue weighted by Crippen LogP contribution is -2.29. The van der Waals surface area contributed by atoms with Gasteiger partial charge in [0.15, 0.2) is 0 Å². The Morgan fingerprint density at radius 3 is 2.65 bits per heavy atom. The fourth-order valence-corrected chi connectivity index (χ4v) is 3.49. The molecule has 1 N–H and O–H groups in total. The number of aliphatic hydroxyl groups excluding tert-OH is 1. The fraction of sp³-hybridized carbons (Fsp3) is 0.125. The summed E-state index contributed by atoms with van der Waals surface area (Å²) in [6.45, 7) is 4.10. The third-order valence-corrected chi connectivity index (χ3v) is 4.92. The third-order valence-electron chi connectivity index (χ3n) is 4.92. The Balaban J connectivity index is 1.75. The van der Waals surface area contributed by atoms with E-state index in [9.17, 15) is 14.7 Å². The zero-order valence-corrected chi connectivity index (χ0v) is 16.6. The maximum absolute atomic E-state index is 12.9. The molecule has 1 aliphatic rings. The first kappa shape index (κ1) is 20.2. The second-order valence-electron chi connectivity index (χ2n) is 6.93. The molecule has 1 aliphatic heterocycles. The number of ether oxygens (including phenoxy) is 1. The van der Waals surface area contributed by atoms with E-state index < -0.39 is 17.7 Å². The highest BCUT2D eigenvalue weighted by molar-refractivity contribution is 6.46. The van der Waals surface area contributed by atoms with Crippen molar-refractivity contribution >= 4 is 17.4 Å². The molecular weight excluding hydrogens is 396 g/mol. The van der Waals surface area contributed by atoms with Gasteiger partial charge in [0.25, 0.3) is 11.7 Å². The summed E-state index contributed by atoms with van der Waals surface area (Å²) in [7, 11) is 0. The summed E-state index contributed by atoms with van der Waals surface area (Å²) in [5.41, 5.74) is 1.12. The van der Waals surface area contributed by atoms with Crippen LogP contribution in [0.25, 0.3) is 5.76 Å². The molecule has 1 amide bonds. The molecule has 4 rings (SSSR count). The lowest BCUT2D eigenvalue weighted by Gasteiger charge is -2.23. The number of aromatic nitrogens is 1. The van der Waals surface area contributed by atoms with Crippen molar-refractivity contribution in [3.8, 4) is 5.75 Å². The number of Topliss-reactive ketones (excluding diaryl/α,β-unsaturated/α-hetero) is 1. The highest BCUT2D eigenvalue weighted by Crippen LogP contribution is 2.40. The van der Waals surface area contributed by atoms with Crippen LogP contribution in [-0.2, 0) is 16.1 Å². The molecule has 0 saturated carbocycles. The van der Waals surface area contributed by atoms with Crippen molar-refractivity contribution < 1.29 is 23.8 Å². The highest BCUT2D eigenvalue weighted by Gasteiger charge is 2.47. The van der Waals surface area contributed by atoms with Gasteiger partial charge in [0, 0.05) is 24.5 Å². The van der Waals surface area contributed by atoms with Crippen LogP contribution in [0, 0.1) is 0 Å². The van der Waals surface area contributed by atoms with Gasteiger partial charge < -0.3 is 19.2 Å². The number of rotatable bonds is 7. The molecule has 7 heteroatoms. The normalized spacial score (nSPS) is 17.7. The molecule has 0 aliphatic carbocycles. The van der Waals surface area contributed by atoms with Gasteiger partial charge in [-0.3, -0.25) is 14.6 Å². The number of ketones is 1. The minimum Gasteiger partial charge on any atom is -0.507 e. The Morgan fingerprint density at radius 2 is 2.00 bits per heavy atom. The standard InChI is InChI=1S/C24H20N2O5/c1-2-12-30-18-9-7-17(8-10-18)22(27)20-21(19-6-4-13-31-19)26(24(29)23(20)28)15-16-5-3-11-25-14-16/h2-11,13-14,21,27H,1,12,15H2/b22-20+/t21-/m0/s1. The Bertz CT molecular complexity index is 1120. The molecule has 1 atom stereocenters. The lowest BCUT2D eigenvalue weighted by molar-refractivity contribution is -0.140. The van der Waals surface area contributed by atoms with E-state index in [2.05, 4.69) is 11.6 Å². The lowest BCUT2D eigenvalue weighted by atomic mass is 9.99. The Morgan fingerprint density at radius 1 is 1.19 bits per heavy atom. The molecule has 1 saturated heterocycles. The van der Waals surface area contributed by atoms with Gasteiger partial charge in [0.05, 0.1) is 11.8 Å². The molecule has 1 aromatic carbocycles. The molecule has 0 unspecified atom stereocenters. The summed E-state index contributed by atoms with van der Waals surface area (Å²) in [6, 6.07) is 12.7. The van der Waals surface area contributed by atoms with Gasteiger partial charge in [-0.25, -0.2) is 0 Å². The van der Waals surface area contributed by atoms with Crippen LogP contribution in [0.1, 0.15) is 22.9 Å². The van der Waals surface area contributed by atoms with E-state index in [1.165, 1.54) is 11.2 Å². The molecule has 0 spiro atoms. The van der Waals surface area contributed by atoms with Gasteiger partial charge >= 0.3 is 0 Å². The van der Waals surface area contributed by atoms with E-state index >= 15 is 0 Å². The number of hydrogen-bond acceptors (Lipinski definition) is 6. The summed E-state index contributed by atoms with van der Waals surface area (Å²) in [6.07, 6.45) is 6.34. The van der Waals surface area contributed by atoms with Crippen molar-refractivity contribution in [1.29, 1.82) is 0 Å². The van der Waals surface area contributed by atoms with Crippen LogP contribution >= 0.6 is 0 Å². The second-order valence-corrected chi connectivity index (χ2v) is 6.93. The predicted octanol–water partition coefficient (Wildman–Crippen LogP) is 3.86. The van der Waals surface area contributed by atoms with Crippen LogP contribution in [0.5, 0.6) is 5.75 Å². The largest absolute Gasteiger partial charge is 0.507 e. The van der Waals surface area contributed by atoms with Gasteiger partial charge in [-0.05, 0) is 48.0 Å². The first-order valence-corrected chi connectivity index (χ1v) is 9.65. The molecule has 0 bridgehead atoms. The van der Waals surface area contributed by atoms with Crippen molar-refractivity contribution in [2.75, 3.05) is 6.61 Å². The number of furan rings is 1. The molecule has 0 radical (unpaired) electrons. The number of carbonyl (C=O) groups excluding carboxylic acids is 2. The number of aliphatic hydroxyl groups is 1. The number of likely N-dealkylation sites (tertiary alicyclic amines) is 1. The van der Waals surface area contributed by atoms with Crippen LogP contribution in [-0.4, -0.2) is 33.3 Å². The minimum absolute atomic E-state index is 0.0244. The molecule has 3 aromatic rings. The number of hydrogen-bond donors (Lipinski definition) is 1. The van der Waals surface area contributed by atoms with Crippen LogP contribution in [0.4, 0.5) is 0 Å². The van der Waals surface area contributed by atoms with Gasteiger partial charge in [-0.1, -0.05) is 18.7 Å². The summed E-state index contributed by atoms with van der Waals surface area (Å²) >= 11 is 0. The summed E-state index contributed by atoms with van der Waals surface area (Å²) < 4.78 is 11.0. The van der Waals surface area contributed by atoms with E-state index in [0.29, 0.717) is 23.7 Å². The number of pyridine rings is 1. The van der Waals surface area contributed by atoms with Crippen LogP contribution in [0.15, 0.2) is 89.8 Å². The summed E-state index contributed by atoms with van der Waals surface area (Å²) in [4.78, 5) is 31.3. The van der Waals surface area contributed by atoms with E-state index in [-0.39, 0.29) is 17.9 Å². The van der Waals surface area contributed by atoms with Crippen molar-refractivity contribution in [3.63, 3.8) is 0 Å². The summed E-state index contributed by atoms with van der Waals surface area (Å²) in [5, 5.41) is 11.0. The molecule has 3 heterocycles. The monoisotopic (exact) mass is 416 g/mol. The molecular formula is C24H20N2O5. The van der Waals surface area contributed by atoms with Crippen molar-refractivity contribution in [2.45, 2.75) is 12.6 Å². The first-order valence-electron chi connectivity index (χ1n) is 9.65. The van der Waals surface area contributed by atoms with Crippen molar-refractivity contribution in [1.82, 2.24) is 9.88 Å².